The second kappa shape index (κ2) is 28.5. The molecule has 8 aromatic rings. The number of hydrogen-bond donors (Lipinski definition) is 0. The highest BCUT2D eigenvalue weighted by Crippen LogP contribution is 2.43. The highest BCUT2D eigenvalue weighted by molar-refractivity contribution is 7.09. The van der Waals surface area contributed by atoms with Gasteiger partial charge in [0.2, 0.25) is 0 Å². The van der Waals surface area contributed by atoms with E-state index in [0.29, 0.717) is 36.3 Å². The van der Waals surface area contributed by atoms with Gasteiger partial charge in [-0.05, 0) is 5.56 Å². The van der Waals surface area contributed by atoms with Crippen LogP contribution in [-0.2, 0) is 63.7 Å². The zero-order chi connectivity index (χ0) is 54.3. The molecule has 0 spiro atoms. The van der Waals surface area contributed by atoms with Crippen LogP contribution in [0.25, 0.3) is 0 Å². The fraction of sp³-hybridized carbons (Fsp3) is 0.158. The Balaban J connectivity index is 0.00000248. The molecular formula is C57H78O14Si12. The van der Waals surface area contributed by atoms with Crippen LogP contribution in [-0.4, -0.2) is 109 Å². The first-order valence-electron chi connectivity index (χ1n) is 26.6. The zero-order valence-electron chi connectivity index (χ0n) is 44.3. The molecule has 4 saturated heterocycles. The van der Waals surface area contributed by atoms with Crippen LogP contribution in [0.5, 0.6) is 0 Å². The van der Waals surface area contributed by atoms with Gasteiger partial charge in [0.05, 0.1) is 0 Å². The van der Waals surface area contributed by atoms with Gasteiger partial charge in [0.25, 0.3) is 0 Å². The van der Waals surface area contributed by atoms with Gasteiger partial charge in [-0.1, -0.05) is 299 Å². The molecule has 438 valence electrons. The third kappa shape index (κ3) is 13.4. The lowest BCUT2D eigenvalue weighted by atomic mass is 10.2. The van der Waals surface area contributed by atoms with E-state index in [4.69, 9.17) is 57.6 Å². The Morgan fingerprint density at radius 1 is 0.253 bits per heavy atom. The Bertz CT molecular complexity index is 3110. The van der Waals surface area contributed by atoms with Crippen molar-refractivity contribution in [1.82, 2.24) is 0 Å². The van der Waals surface area contributed by atoms with E-state index < -0.39 is 109 Å². The normalized spacial score (nSPS) is 29.0. The van der Waals surface area contributed by atoms with E-state index in [9.17, 15) is 0 Å². The third-order valence-corrected chi connectivity index (χ3v) is 54.1. The third-order valence-electron chi connectivity index (χ3n) is 13.2. The van der Waals surface area contributed by atoms with Gasteiger partial charge in [0, 0.05) is 42.4 Å². The van der Waals surface area contributed by atoms with Crippen LogP contribution in [0.15, 0.2) is 243 Å². The average Bonchev–Trinajstić information content (AvgIpc) is 1.15. The highest BCUT2D eigenvalue weighted by Gasteiger charge is 2.79. The van der Waals surface area contributed by atoms with Crippen molar-refractivity contribution in [1.29, 1.82) is 0 Å². The van der Waals surface area contributed by atoms with E-state index in [1.54, 1.807) is 0 Å². The maximum absolute atomic E-state index is 8.53. The van der Waals surface area contributed by atoms with Gasteiger partial charge < -0.3 is 57.6 Å². The first-order chi connectivity index (χ1) is 38.6. The molecule has 4 atom stereocenters. The zero-order valence-corrected chi connectivity index (χ0v) is 58.0. The fourth-order valence-electron chi connectivity index (χ4n) is 9.97. The SMILES string of the molecule is C.C.C.C.C[SiH2]O[Si]1(c2ccccc2)O[Si]2(Cc3ccccc3)O[Si](O[SiH2]C)(c3ccccc3)O[Si](c3ccccc3)(O1)O[Si]1(c3ccccc3)O[Si](O[SiH2]C)(c3ccccc3)O[Si](c3ccccc3)(O2)O[Si](O[SiH2]C)(c2ccccc2)O1. The van der Waals surface area contributed by atoms with Crippen molar-refractivity contribution in [3.8, 4) is 0 Å². The molecule has 0 N–H and O–H groups in total. The minimum Gasteiger partial charge on any atom is -0.419 e. The second-order valence-corrected chi connectivity index (χ2v) is 47.2. The lowest BCUT2D eigenvalue weighted by molar-refractivity contribution is 0.0460. The Hall–Kier alpha value is -4.20. The Labute approximate surface area is 510 Å². The van der Waals surface area contributed by atoms with E-state index in [0.717, 1.165) is 5.56 Å². The van der Waals surface area contributed by atoms with Crippen molar-refractivity contribution >= 4 is 146 Å². The summed E-state index contributed by atoms with van der Waals surface area (Å²) in [5, 5.41) is 4.18. The molecule has 14 nitrogen and oxygen atoms in total. The van der Waals surface area contributed by atoms with Crippen LogP contribution in [0.1, 0.15) is 35.3 Å². The lowest BCUT2D eigenvalue weighted by Crippen LogP contribution is -2.89. The Morgan fingerprint density at radius 3 is 0.699 bits per heavy atom. The summed E-state index contributed by atoms with van der Waals surface area (Å²) in [4.78, 5) is 0. The van der Waals surface area contributed by atoms with E-state index in [2.05, 4.69) is 26.2 Å². The summed E-state index contributed by atoms with van der Waals surface area (Å²) in [7, 11) is -44.3. The molecule has 4 aliphatic rings. The molecular weight excluding hydrogens is 1250 g/mol. The van der Waals surface area contributed by atoms with Crippen LogP contribution < -0.4 is 36.3 Å². The minimum atomic E-state index is -5.03. The van der Waals surface area contributed by atoms with Crippen molar-refractivity contribution in [2.45, 2.75) is 61.9 Å². The summed E-state index contributed by atoms with van der Waals surface area (Å²) >= 11 is 0. The van der Waals surface area contributed by atoms with Crippen molar-refractivity contribution < 1.29 is 57.6 Å². The van der Waals surface area contributed by atoms with E-state index in [1.807, 2.05) is 243 Å². The molecule has 26 heteroatoms. The van der Waals surface area contributed by atoms with E-state index >= 15 is 0 Å². The van der Waals surface area contributed by atoms with Gasteiger partial charge in [-0.15, -0.1) is 0 Å². The van der Waals surface area contributed by atoms with E-state index in [1.165, 1.54) is 0 Å². The number of hydrogen-bond acceptors (Lipinski definition) is 14. The van der Waals surface area contributed by atoms with Gasteiger partial charge in [-0.3, -0.25) is 0 Å². The molecule has 0 aromatic heterocycles. The summed E-state index contributed by atoms with van der Waals surface area (Å²) < 4.78 is 114. The van der Waals surface area contributed by atoms with E-state index in [-0.39, 0.29) is 35.8 Å². The number of benzene rings is 8. The predicted molar refractivity (Wildman–Crippen MR) is 358 cm³/mol. The van der Waals surface area contributed by atoms with Crippen LogP contribution in [0.2, 0.25) is 26.2 Å². The summed E-state index contributed by atoms with van der Waals surface area (Å²) in [6, 6.07) is 78.5. The van der Waals surface area contributed by atoms with Crippen LogP contribution in [0, 0.1) is 0 Å². The minimum absolute atomic E-state index is 0. The van der Waals surface area contributed by atoms with Crippen molar-refractivity contribution in [3.05, 3.63) is 248 Å². The fourth-order valence-corrected chi connectivity index (χ4v) is 62.1. The Morgan fingerprint density at radius 2 is 0.458 bits per heavy atom. The summed E-state index contributed by atoms with van der Waals surface area (Å²) in [5.41, 5.74) is 0.831. The first-order valence-corrected chi connectivity index (χ1v) is 48.6. The van der Waals surface area contributed by atoms with Crippen LogP contribution in [0.3, 0.4) is 0 Å². The van der Waals surface area contributed by atoms with Gasteiger partial charge in [0.1, 0.15) is 39.1 Å². The summed E-state index contributed by atoms with van der Waals surface area (Å²) in [5.74, 6) is 0. The first kappa shape index (κ1) is 66.3. The monoisotopic (exact) mass is 1320 g/mol. The van der Waals surface area contributed by atoms with Gasteiger partial charge in [-0.25, -0.2) is 0 Å². The molecule has 12 rings (SSSR count). The average molecular weight is 1320 g/mol. The molecule has 83 heavy (non-hydrogen) atoms. The molecule has 0 saturated carbocycles. The van der Waals surface area contributed by atoms with Crippen LogP contribution in [0.4, 0.5) is 0 Å². The molecule has 0 amide bonds. The topological polar surface area (TPSA) is 129 Å². The smallest absolute Gasteiger partial charge is 0.419 e. The molecule has 0 radical (unpaired) electrons. The molecule has 0 aliphatic carbocycles. The molecule has 4 bridgehead atoms. The molecule has 4 aliphatic heterocycles. The summed E-state index contributed by atoms with van der Waals surface area (Å²) in [6.45, 7) is 8.22. The van der Waals surface area contributed by atoms with Gasteiger partial charge in [-0.2, -0.15) is 0 Å². The summed E-state index contributed by atoms with van der Waals surface area (Å²) in [6.07, 6.45) is 0. The molecule has 4 heterocycles. The van der Waals surface area contributed by atoms with Crippen molar-refractivity contribution in [2.24, 2.45) is 0 Å². The standard InChI is InChI=1S/C53H62O14Si12.4CH4/c1-68-54-73(47-31-15-6-16-32-47)58-72(45-46-29-13-5-14-30-46)59-74(55-69-2,48-33-17-7-18-34-48)62-78(61-73,52-41-25-11-26-42-52)67-79(53-43-27-12-28-44-53)65-75(56-70-3,49-35-19-8-20-36-49)63-77(60-72,51-39-23-10-24-40-51)64-76(66-79,57-71-4)50-37-21-9-22-38-50;;;;/h5-44H,45,68-71H2,1-4H3;4*1H4. The molecule has 4 unspecified atom stereocenters. The molecule has 4 fully saturated rings. The number of rotatable bonds is 17. The van der Waals surface area contributed by atoms with Gasteiger partial charge >= 0.3 is 70.4 Å². The van der Waals surface area contributed by atoms with Crippen molar-refractivity contribution in [2.75, 3.05) is 0 Å². The molecule has 8 aromatic carbocycles. The number of fused-ring (bicyclic) bond motifs is 4. The van der Waals surface area contributed by atoms with Gasteiger partial charge in [0.15, 0.2) is 0 Å². The quantitative estimate of drug-likeness (QED) is 0.114. The lowest BCUT2D eigenvalue weighted by Gasteiger charge is -2.57. The largest absolute Gasteiger partial charge is 0.515 e. The maximum Gasteiger partial charge on any atom is 0.515 e. The predicted octanol–water partition coefficient (Wildman–Crippen LogP) is 4.98. The maximum atomic E-state index is 8.53. The van der Waals surface area contributed by atoms with Crippen LogP contribution >= 0.6 is 0 Å². The van der Waals surface area contributed by atoms with Crippen molar-refractivity contribution in [3.63, 3.8) is 0 Å². The highest BCUT2D eigenvalue weighted by atomic mass is 28.6. The second-order valence-electron chi connectivity index (χ2n) is 18.6. The Kier molecular flexibility index (Phi) is 22.8.